The molecule has 1 fully saturated rings. The zero-order valence-electron chi connectivity index (χ0n) is 6.01. The van der Waals surface area contributed by atoms with Crippen molar-refractivity contribution in [3.8, 4) is 0 Å². The number of hydrogen-bond donors (Lipinski definition) is 0. The molecular weight excluding hydrogens is 156 g/mol. The minimum Gasteiger partial charge on any atom is -0.530 e. The fourth-order valence-corrected chi connectivity index (χ4v) is 1.08. The van der Waals surface area contributed by atoms with Gasteiger partial charge in [-0.3, -0.25) is 0 Å². The van der Waals surface area contributed by atoms with Crippen molar-refractivity contribution in [2.24, 2.45) is 5.92 Å². The largest absolute Gasteiger partial charge is 0.530 e. The predicted molar refractivity (Wildman–Crippen MR) is 31.1 cm³/mol. The molecule has 3 nitrogen and oxygen atoms in total. The van der Waals surface area contributed by atoms with E-state index in [4.69, 9.17) is 0 Å². The van der Waals surface area contributed by atoms with Gasteiger partial charge in [0.05, 0.1) is 6.54 Å². The van der Waals surface area contributed by atoms with Gasteiger partial charge in [0.15, 0.2) is 0 Å². The van der Waals surface area contributed by atoms with Crippen LogP contribution in [0.3, 0.4) is 0 Å². The number of hydrogen-bond acceptors (Lipinski definition) is 2. The lowest BCUT2D eigenvalue weighted by molar-refractivity contribution is -0.265. The first kappa shape index (κ1) is 8.23. The van der Waals surface area contributed by atoms with Crippen LogP contribution in [-0.2, 0) is 0 Å². The van der Waals surface area contributed by atoms with Crippen LogP contribution < -0.4 is 5.11 Å². The number of halogens is 2. The van der Waals surface area contributed by atoms with Crippen molar-refractivity contribution in [2.45, 2.75) is 12.8 Å². The van der Waals surface area contributed by atoms with E-state index < -0.39 is 24.5 Å². The number of likely N-dealkylation sites (tertiary alicyclic amines) is 1. The van der Waals surface area contributed by atoms with Gasteiger partial charge in [-0.2, -0.15) is 0 Å². The van der Waals surface area contributed by atoms with Gasteiger partial charge in [-0.05, 0) is 0 Å². The summed E-state index contributed by atoms with van der Waals surface area (Å²) in [5.41, 5.74) is 0. The summed E-state index contributed by atoms with van der Waals surface area (Å²) in [5.74, 6) is -3.79. The van der Waals surface area contributed by atoms with E-state index in [1.807, 2.05) is 0 Å². The topological polar surface area (TPSA) is 43.4 Å². The Morgan fingerprint density at radius 2 is 2.27 bits per heavy atom. The van der Waals surface area contributed by atoms with Gasteiger partial charge < -0.3 is 14.8 Å². The molecule has 1 atom stereocenters. The van der Waals surface area contributed by atoms with E-state index in [1.165, 1.54) is 6.92 Å². The zero-order chi connectivity index (χ0) is 8.65. The predicted octanol–water partition coefficient (Wildman–Crippen LogP) is -0.0833. The molecule has 0 radical (unpaired) electrons. The van der Waals surface area contributed by atoms with Crippen molar-refractivity contribution < 1.29 is 18.7 Å². The number of amides is 1. The Kier molecular flexibility index (Phi) is 1.74. The van der Waals surface area contributed by atoms with Crippen LogP contribution in [0.1, 0.15) is 6.92 Å². The van der Waals surface area contributed by atoms with Crippen LogP contribution in [0.2, 0.25) is 0 Å². The van der Waals surface area contributed by atoms with Crippen molar-refractivity contribution in [1.29, 1.82) is 0 Å². The number of alkyl halides is 2. The van der Waals surface area contributed by atoms with Gasteiger partial charge in [-0.15, -0.1) is 0 Å². The maximum absolute atomic E-state index is 12.6. The number of carbonyl (C=O) groups excluding carboxylic acids is 1. The van der Waals surface area contributed by atoms with E-state index >= 15 is 0 Å². The first-order chi connectivity index (χ1) is 4.93. The first-order valence-electron chi connectivity index (χ1n) is 3.27. The minimum absolute atomic E-state index is 0.130. The monoisotopic (exact) mass is 164 g/mol. The van der Waals surface area contributed by atoms with E-state index in [1.54, 1.807) is 0 Å². The fourth-order valence-electron chi connectivity index (χ4n) is 1.08. The van der Waals surface area contributed by atoms with E-state index in [9.17, 15) is 18.7 Å². The molecule has 1 amide bonds. The van der Waals surface area contributed by atoms with Crippen molar-refractivity contribution in [2.75, 3.05) is 13.1 Å². The van der Waals surface area contributed by atoms with Gasteiger partial charge in [-0.1, -0.05) is 6.92 Å². The van der Waals surface area contributed by atoms with Crippen molar-refractivity contribution in [1.82, 2.24) is 4.90 Å². The average molecular weight is 164 g/mol. The summed E-state index contributed by atoms with van der Waals surface area (Å²) in [6, 6.07) is 0. The van der Waals surface area contributed by atoms with Crippen molar-refractivity contribution >= 4 is 6.09 Å². The summed E-state index contributed by atoms with van der Waals surface area (Å²) in [7, 11) is 0. The standard InChI is InChI=1S/C6H9F2NO2/c1-4-2-9(5(10)11)3-6(4,7)8/h4H,2-3H2,1H3,(H,10,11)/p-1. The van der Waals surface area contributed by atoms with Gasteiger partial charge >= 0.3 is 0 Å². The summed E-state index contributed by atoms with van der Waals surface area (Å²) in [5, 5.41) is 10.1. The molecule has 0 aromatic carbocycles. The van der Waals surface area contributed by atoms with Gasteiger partial charge in [0.1, 0.15) is 6.09 Å². The summed E-state index contributed by atoms with van der Waals surface area (Å²) in [6.45, 7) is 0.467. The zero-order valence-corrected chi connectivity index (χ0v) is 6.01. The highest BCUT2D eigenvalue weighted by Crippen LogP contribution is 2.31. The Hall–Kier alpha value is -0.870. The maximum Gasteiger partial charge on any atom is 0.269 e. The summed E-state index contributed by atoms with van der Waals surface area (Å²) in [4.78, 5) is 10.7. The van der Waals surface area contributed by atoms with Gasteiger partial charge in [0.25, 0.3) is 5.92 Å². The van der Waals surface area contributed by atoms with Gasteiger partial charge in [0, 0.05) is 12.5 Å². The average Bonchev–Trinajstić information content (AvgIpc) is 2.08. The minimum atomic E-state index is -2.89. The van der Waals surface area contributed by atoms with Crippen molar-refractivity contribution in [3.05, 3.63) is 0 Å². The molecule has 5 heteroatoms. The lowest BCUT2D eigenvalue weighted by Crippen LogP contribution is -2.40. The molecule has 1 unspecified atom stereocenters. The lowest BCUT2D eigenvalue weighted by Gasteiger charge is -2.17. The summed E-state index contributed by atoms with van der Waals surface area (Å²) >= 11 is 0. The Morgan fingerprint density at radius 3 is 2.45 bits per heavy atom. The number of nitrogens with zero attached hydrogens (tertiary/aromatic N) is 1. The molecule has 0 saturated carbocycles. The third-order valence-corrected chi connectivity index (χ3v) is 1.88. The highest BCUT2D eigenvalue weighted by Gasteiger charge is 2.45. The second kappa shape index (κ2) is 2.32. The van der Waals surface area contributed by atoms with E-state index in [0.717, 1.165) is 0 Å². The second-order valence-corrected chi connectivity index (χ2v) is 2.81. The maximum atomic E-state index is 12.6. The van der Waals surface area contributed by atoms with Crippen molar-refractivity contribution in [3.63, 3.8) is 0 Å². The van der Waals surface area contributed by atoms with E-state index in [0.29, 0.717) is 4.90 Å². The van der Waals surface area contributed by atoms with Crippen LogP contribution >= 0.6 is 0 Å². The molecule has 0 aromatic heterocycles. The number of rotatable bonds is 0. The Morgan fingerprint density at radius 1 is 1.73 bits per heavy atom. The van der Waals surface area contributed by atoms with Crippen LogP contribution in [-0.4, -0.2) is 30.0 Å². The molecule has 1 rings (SSSR count). The lowest BCUT2D eigenvalue weighted by atomic mass is 10.1. The summed E-state index contributed by atoms with van der Waals surface area (Å²) in [6.07, 6.45) is -1.52. The third kappa shape index (κ3) is 1.41. The van der Waals surface area contributed by atoms with Gasteiger partial charge in [-0.25, -0.2) is 8.78 Å². The fraction of sp³-hybridized carbons (Fsp3) is 0.833. The first-order valence-corrected chi connectivity index (χ1v) is 3.27. The molecule has 1 aliphatic heterocycles. The van der Waals surface area contributed by atoms with E-state index in [-0.39, 0.29) is 6.54 Å². The Balaban J connectivity index is 2.64. The molecule has 1 heterocycles. The Labute approximate surface area is 62.6 Å². The smallest absolute Gasteiger partial charge is 0.269 e. The molecule has 0 spiro atoms. The molecule has 0 aromatic rings. The van der Waals surface area contributed by atoms with Crippen LogP contribution in [0, 0.1) is 5.92 Å². The van der Waals surface area contributed by atoms with Crippen LogP contribution in [0.15, 0.2) is 0 Å². The van der Waals surface area contributed by atoms with Crippen LogP contribution in [0.4, 0.5) is 13.6 Å². The summed E-state index contributed by atoms with van der Waals surface area (Å²) < 4.78 is 25.2. The second-order valence-electron chi connectivity index (χ2n) is 2.81. The van der Waals surface area contributed by atoms with E-state index in [2.05, 4.69) is 0 Å². The number of carbonyl (C=O) groups is 1. The van der Waals surface area contributed by atoms with Crippen LogP contribution in [0.5, 0.6) is 0 Å². The molecule has 1 aliphatic rings. The Bertz CT molecular complexity index is 183. The van der Waals surface area contributed by atoms with Crippen LogP contribution in [0.25, 0.3) is 0 Å². The quantitative estimate of drug-likeness (QED) is 0.502. The highest BCUT2D eigenvalue weighted by molar-refractivity contribution is 5.63. The normalized spacial score (nSPS) is 29.0. The highest BCUT2D eigenvalue weighted by atomic mass is 19.3. The molecule has 1 saturated heterocycles. The molecule has 0 N–H and O–H groups in total. The third-order valence-electron chi connectivity index (χ3n) is 1.88. The molecule has 0 bridgehead atoms. The van der Waals surface area contributed by atoms with Gasteiger partial charge in [0.2, 0.25) is 0 Å². The SMILES string of the molecule is CC1CN(C(=O)[O-])CC1(F)F. The number of carboxylic acid groups (broad SMARTS) is 1. The molecule has 64 valence electrons. The molecule has 11 heavy (non-hydrogen) atoms. The molecule has 0 aliphatic carbocycles. The molecular formula is C6H8F2NO2-.